The largest absolute Gasteiger partial charge is 0.321 e. The predicted molar refractivity (Wildman–Crippen MR) is 142 cm³/mol. The second-order valence-electron chi connectivity index (χ2n) is 8.15. The fraction of sp³-hybridized carbons (Fsp3) is 0.400. The van der Waals surface area contributed by atoms with Gasteiger partial charge in [0, 0.05) is 5.56 Å². The summed E-state index contributed by atoms with van der Waals surface area (Å²) in [5, 5.41) is 16.4. The molecule has 1 atom stereocenters. The highest BCUT2D eigenvalue weighted by Gasteiger charge is 2.14. The van der Waals surface area contributed by atoms with Crippen molar-refractivity contribution >= 4 is 21.7 Å². The number of aryl methyl sites for hydroxylation is 1. The summed E-state index contributed by atoms with van der Waals surface area (Å²) in [6, 6.07) is 17.1. The number of hydrogen-bond acceptors (Lipinski definition) is 7. The number of benzene rings is 2. The molecule has 0 saturated carbocycles. The number of rotatable bonds is 11. The van der Waals surface area contributed by atoms with Crippen molar-refractivity contribution < 1.29 is 13.0 Å². The third-order valence-corrected chi connectivity index (χ3v) is 6.68. The van der Waals surface area contributed by atoms with Crippen molar-refractivity contribution in [1.82, 2.24) is 20.1 Å². The molecule has 0 unspecified atom stereocenters. The van der Waals surface area contributed by atoms with Gasteiger partial charge in [-0.2, -0.15) is 18.8 Å². The van der Waals surface area contributed by atoms with Crippen LogP contribution in [0.25, 0.3) is 11.4 Å². The number of halogens is 1. The topological polar surface area (TPSA) is 149 Å². The molecule has 3 aromatic rings. The number of hydrogen-bond donors (Lipinski definition) is 3. The molecule has 9 nitrogen and oxygen atoms in total. The molecule has 0 aliphatic heterocycles. The lowest BCUT2D eigenvalue weighted by Gasteiger charge is -2.16. The van der Waals surface area contributed by atoms with E-state index in [9.17, 15) is 8.42 Å². The highest BCUT2D eigenvalue weighted by Crippen LogP contribution is 2.24. The molecule has 1 aromatic heterocycles. The van der Waals surface area contributed by atoms with Gasteiger partial charge in [0.2, 0.25) is 0 Å². The Labute approximate surface area is 218 Å². The third kappa shape index (κ3) is 10.0. The summed E-state index contributed by atoms with van der Waals surface area (Å²) in [6.45, 7) is 6.62. The quantitative estimate of drug-likeness (QED) is 0.310. The van der Waals surface area contributed by atoms with E-state index in [4.69, 9.17) is 27.1 Å². The molecule has 11 heteroatoms. The molecule has 3 rings (SSSR count). The second-order valence-corrected chi connectivity index (χ2v) is 10.1. The SMILES string of the molecule is CCN(CC)CCCS(=O)(=O)O.N#Cc1ccc(-c2n[nH]c([C@H](N)CCc3ccccc3)n2)cc1Cl. The van der Waals surface area contributed by atoms with Crippen LogP contribution < -0.4 is 5.73 Å². The highest BCUT2D eigenvalue weighted by atomic mass is 35.5. The minimum absolute atomic E-state index is 0.135. The van der Waals surface area contributed by atoms with Gasteiger partial charge in [0.05, 0.1) is 22.4 Å². The number of nitrogens with one attached hydrogen (secondary N) is 1. The molecule has 36 heavy (non-hydrogen) atoms. The number of aromatic nitrogens is 3. The number of nitriles is 1. The van der Waals surface area contributed by atoms with Crippen LogP contribution in [-0.4, -0.2) is 58.4 Å². The van der Waals surface area contributed by atoms with Gasteiger partial charge in [-0.3, -0.25) is 9.65 Å². The summed E-state index contributed by atoms with van der Waals surface area (Å²) in [7, 11) is -3.76. The Balaban J connectivity index is 0.000000324. The molecule has 194 valence electrons. The van der Waals surface area contributed by atoms with Crippen LogP contribution in [0.4, 0.5) is 0 Å². The Kier molecular flexibility index (Phi) is 12.0. The summed E-state index contributed by atoms with van der Waals surface area (Å²) in [4.78, 5) is 6.57. The minimum Gasteiger partial charge on any atom is -0.321 e. The van der Waals surface area contributed by atoms with Crippen LogP contribution in [-0.2, 0) is 16.5 Å². The van der Waals surface area contributed by atoms with Crippen molar-refractivity contribution in [2.75, 3.05) is 25.4 Å². The van der Waals surface area contributed by atoms with E-state index in [2.05, 4.69) is 32.2 Å². The molecule has 0 aliphatic rings. The van der Waals surface area contributed by atoms with Crippen molar-refractivity contribution in [3.63, 3.8) is 0 Å². The van der Waals surface area contributed by atoms with Crippen LogP contribution >= 0.6 is 11.6 Å². The van der Waals surface area contributed by atoms with Crippen molar-refractivity contribution in [1.29, 1.82) is 5.26 Å². The second kappa shape index (κ2) is 14.7. The zero-order chi connectivity index (χ0) is 26.6. The monoisotopic (exact) mass is 532 g/mol. The average Bonchev–Trinajstić information content (AvgIpc) is 3.36. The first kappa shape index (κ1) is 29.4. The van der Waals surface area contributed by atoms with Crippen LogP contribution in [0.5, 0.6) is 0 Å². The van der Waals surface area contributed by atoms with Crippen molar-refractivity contribution in [2.45, 2.75) is 39.2 Å². The van der Waals surface area contributed by atoms with E-state index in [1.807, 2.05) is 38.1 Å². The average molecular weight is 533 g/mol. The molecular weight excluding hydrogens is 500 g/mol. The molecule has 0 amide bonds. The number of nitrogens with two attached hydrogens (primary N) is 1. The zero-order valence-corrected chi connectivity index (χ0v) is 22.1. The fourth-order valence-corrected chi connectivity index (χ4v) is 4.14. The van der Waals surface area contributed by atoms with Gasteiger partial charge in [-0.1, -0.05) is 55.8 Å². The zero-order valence-electron chi connectivity index (χ0n) is 20.6. The maximum Gasteiger partial charge on any atom is 0.264 e. The summed E-state index contributed by atoms with van der Waals surface area (Å²) in [6.07, 6.45) is 2.15. The molecule has 0 radical (unpaired) electrons. The maximum atomic E-state index is 10.3. The standard InChI is InChI=1S/C18H16ClN5.C7H17NO3S/c19-15-10-13(7-8-14(15)11-20)17-22-18(24-23-17)16(21)9-6-12-4-2-1-3-5-12;1-3-8(4-2)6-5-7-12(9,10)11/h1-5,7-8,10,16H,6,9,21H2,(H,22,23,24);3-7H2,1-2H3,(H,9,10,11)/t16-;/m1./s1. The van der Waals surface area contributed by atoms with E-state index in [0.29, 0.717) is 28.7 Å². The van der Waals surface area contributed by atoms with Crippen LogP contribution in [0, 0.1) is 11.3 Å². The van der Waals surface area contributed by atoms with Crippen LogP contribution in [0.3, 0.4) is 0 Å². The van der Waals surface area contributed by atoms with Crippen LogP contribution in [0.15, 0.2) is 48.5 Å². The summed E-state index contributed by atoms with van der Waals surface area (Å²) < 4.78 is 29.1. The van der Waals surface area contributed by atoms with Gasteiger partial charge in [-0.15, -0.1) is 0 Å². The van der Waals surface area contributed by atoms with E-state index in [1.54, 1.807) is 18.2 Å². The molecule has 0 aliphatic carbocycles. The van der Waals surface area contributed by atoms with E-state index in [1.165, 1.54) is 5.56 Å². The summed E-state index contributed by atoms with van der Waals surface area (Å²) >= 11 is 6.05. The lowest BCUT2D eigenvalue weighted by Crippen LogP contribution is -2.25. The minimum atomic E-state index is -3.76. The molecule has 0 saturated heterocycles. The Morgan fingerprint density at radius 2 is 1.89 bits per heavy atom. The van der Waals surface area contributed by atoms with Gasteiger partial charge < -0.3 is 10.6 Å². The van der Waals surface area contributed by atoms with E-state index in [-0.39, 0.29) is 11.8 Å². The van der Waals surface area contributed by atoms with Crippen LogP contribution in [0.2, 0.25) is 5.02 Å². The summed E-state index contributed by atoms with van der Waals surface area (Å²) in [5.41, 5.74) is 8.62. The highest BCUT2D eigenvalue weighted by molar-refractivity contribution is 7.85. The summed E-state index contributed by atoms with van der Waals surface area (Å²) in [5.74, 6) is 1.02. The van der Waals surface area contributed by atoms with Gasteiger partial charge in [-0.25, -0.2) is 4.98 Å². The Morgan fingerprint density at radius 1 is 1.19 bits per heavy atom. The van der Waals surface area contributed by atoms with Gasteiger partial charge in [-0.05, 0) is 62.7 Å². The first-order chi connectivity index (χ1) is 17.2. The lowest BCUT2D eigenvalue weighted by molar-refractivity contribution is 0.304. The van der Waals surface area contributed by atoms with Gasteiger partial charge in [0.15, 0.2) is 5.82 Å². The first-order valence-corrected chi connectivity index (χ1v) is 13.7. The molecule has 0 bridgehead atoms. The number of H-pyrrole nitrogens is 1. The van der Waals surface area contributed by atoms with Gasteiger partial charge in [0.1, 0.15) is 11.9 Å². The Morgan fingerprint density at radius 3 is 2.47 bits per heavy atom. The molecular formula is C25H33ClN6O3S. The number of aromatic amines is 1. The predicted octanol–water partition coefficient (Wildman–Crippen LogP) is 4.24. The molecule has 0 fully saturated rings. The normalized spacial score (nSPS) is 12.0. The lowest BCUT2D eigenvalue weighted by atomic mass is 10.1. The molecule has 0 spiro atoms. The molecule has 2 aromatic carbocycles. The third-order valence-electron chi connectivity index (χ3n) is 5.56. The Bertz CT molecular complexity index is 1220. The van der Waals surface area contributed by atoms with Gasteiger partial charge in [0.25, 0.3) is 10.1 Å². The van der Waals surface area contributed by atoms with E-state index in [0.717, 1.165) is 38.0 Å². The molecule has 1 heterocycles. The number of nitrogens with zero attached hydrogens (tertiary/aromatic N) is 4. The first-order valence-electron chi connectivity index (χ1n) is 11.8. The smallest absolute Gasteiger partial charge is 0.264 e. The maximum absolute atomic E-state index is 10.3. The van der Waals surface area contributed by atoms with Crippen molar-refractivity contribution in [3.8, 4) is 17.5 Å². The van der Waals surface area contributed by atoms with Crippen LogP contribution in [0.1, 0.15) is 49.7 Å². The van der Waals surface area contributed by atoms with E-state index >= 15 is 0 Å². The fourth-order valence-electron chi connectivity index (χ4n) is 3.43. The van der Waals surface area contributed by atoms with Gasteiger partial charge >= 0.3 is 0 Å². The van der Waals surface area contributed by atoms with Crippen molar-refractivity contribution in [2.24, 2.45) is 5.73 Å². The molecule has 4 N–H and O–H groups in total. The van der Waals surface area contributed by atoms with Crippen molar-refractivity contribution in [3.05, 3.63) is 70.5 Å². The Hall–Kier alpha value is -2.81. The van der Waals surface area contributed by atoms with E-state index < -0.39 is 10.1 Å².